The zero-order chi connectivity index (χ0) is 21.7. The minimum atomic E-state index is -0.174. The van der Waals surface area contributed by atoms with Gasteiger partial charge in [-0.3, -0.25) is 9.59 Å². The topological polar surface area (TPSA) is 59.1 Å². The molecule has 2 aromatic rings. The van der Waals surface area contributed by atoms with Crippen molar-refractivity contribution in [3.05, 3.63) is 46.2 Å². The molecular weight excluding hydrogens is 400 g/mol. The molecule has 0 spiro atoms. The lowest BCUT2D eigenvalue weighted by molar-refractivity contribution is -0.142. The van der Waals surface area contributed by atoms with Gasteiger partial charge < -0.3 is 19.3 Å². The van der Waals surface area contributed by atoms with E-state index >= 15 is 0 Å². The number of carbonyl (C=O) groups is 2. The molecule has 1 atom stereocenters. The number of benzene rings is 1. The summed E-state index contributed by atoms with van der Waals surface area (Å²) in [4.78, 5) is 30.0. The summed E-state index contributed by atoms with van der Waals surface area (Å²) in [7, 11) is 1.62. The number of thiophene rings is 1. The fraction of sp³-hybridized carbons (Fsp3) is 0.478. The molecule has 3 rings (SSSR count). The van der Waals surface area contributed by atoms with E-state index in [-0.39, 0.29) is 24.4 Å². The van der Waals surface area contributed by atoms with Crippen molar-refractivity contribution >= 4 is 23.2 Å². The maximum atomic E-state index is 13.2. The molecule has 6 nitrogen and oxygen atoms in total. The lowest BCUT2D eigenvalue weighted by Gasteiger charge is -2.37. The predicted molar refractivity (Wildman–Crippen MR) is 118 cm³/mol. The zero-order valence-corrected chi connectivity index (χ0v) is 18.9. The highest BCUT2D eigenvalue weighted by Gasteiger charge is 2.33. The molecule has 0 bridgehead atoms. The van der Waals surface area contributed by atoms with Crippen molar-refractivity contribution < 1.29 is 19.1 Å². The van der Waals surface area contributed by atoms with Crippen molar-refractivity contribution in [1.29, 1.82) is 0 Å². The number of hydrogen-bond donors (Lipinski definition) is 0. The number of hydrogen-bond acceptors (Lipinski definition) is 5. The van der Waals surface area contributed by atoms with Crippen LogP contribution in [-0.4, -0.2) is 55.0 Å². The molecule has 0 aliphatic carbocycles. The molecule has 0 saturated carbocycles. The molecule has 1 aliphatic rings. The van der Waals surface area contributed by atoms with Crippen molar-refractivity contribution in [3.63, 3.8) is 0 Å². The molecule has 0 unspecified atom stereocenters. The Morgan fingerprint density at radius 1 is 1.27 bits per heavy atom. The predicted octanol–water partition coefficient (Wildman–Crippen LogP) is 3.77. The fourth-order valence-corrected chi connectivity index (χ4v) is 4.67. The van der Waals surface area contributed by atoms with E-state index in [0.29, 0.717) is 31.4 Å². The zero-order valence-electron chi connectivity index (χ0n) is 18.1. The molecule has 0 saturated heterocycles. The number of ether oxygens (including phenoxy) is 2. The number of nitrogens with zero attached hydrogens (tertiary/aromatic N) is 2. The summed E-state index contributed by atoms with van der Waals surface area (Å²) in [5.41, 5.74) is 1.14. The van der Waals surface area contributed by atoms with E-state index in [1.54, 1.807) is 23.3 Å². The molecule has 1 aromatic heterocycles. The minimum Gasteiger partial charge on any atom is -0.497 e. The number of amides is 2. The van der Waals surface area contributed by atoms with Crippen molar-refractivity contribution in [3.8, 4) is 11.5 Å². The van der Waals surface area contributed by atoms with Gasteiger partial charge in [-0.25, -0.2) is 0 Å². The van der Waals surface area contributed by atoms with E-state index in [1.165, 1.54) is 11.8 Å². The standard InChI is InChI=1S/C23H30N2O4S/c1-16(2)13-24(17(3)26)14-23(27)25-10-8-22-20(9-11-30-22)21(25)15-29-19-7-5-6-18(12-19)28-4/h5-7,9,11-12,16,21H,8,10,13-15H2,1-4H3/t21-/m0/s1. The summed E-state index contributed by atoms with van der Waals surface area (Å²) in [6.07, 6.45) is 0.832. The highest BCUT2D eigenvalue weighted by Crippen LogP contribution is 2.34. The van der Waals surface area contributed by atoms with Crippen LogP contribution in [0.2, 0.25) is 0 Å². The molecule has 1 aromatic carbocycles. The van der Waals surface area contributed by atoms with Crippen LogP contribution in [0.25, 0.3) is 0 Å². The van der Waals surface area contributed by atoms with Gasteiger partial charge in [-0.1, -0.05) is 19.9 Å². The van der Waals surface area contributed by atoms with Crippen molar-refractivity contribution in [1.82, 2.24) is 9.80 Å². The van der Waals surface area contributed by atoms with Gasteiger partial charge in [-0.2, -0.15) is 0 Å². The first-order valence-corrected chi connectivity index (χ1v) is 11.1. The van der Waals surface area contributed by atoms with Crippen LogP contribution in [-0.2, 0) is 16.0 Å². The van der Waals surface area contributed by atoms with Crippen LogP contribution in [0, 0.1) is 5.92 Å². The normalized spacial score (nSPS) is 15.6. The van der Waals surface area contributed by atoms with Crippen molar-refractivity contribution in [2.45, 2.75) is 33.2 Å². The van der Waals surface area contributed by atoms with Gasteiger partial charge >= 0.3 is 0 Å². The monoisotopic (exact) mass is 430 g/mol. The van der Waals surface area contributed by atoms with Crippen LogP contribution in [0.5, 0.6) is 11.5 Å². The Morgan fingerprint density at radius 3 is 2.73 bits per heavy atom. The first-order valence-electron chi connectivity index (χ1n) is 10.3. The number of rotatable bonds is 8. The van der Waals surface area contributed by atoms with Gasteiger partial charge in [-0.15, -0.1) is 11.3 Å². The van der Waals surface area contributed by atoms with Crippen LogP contribution >= 0.6 is 11.3 Å². The second kappa shape index (κ2) is 9.98. The van der Waals surface area contributed by atoms with Crippen LogP contribution in [0.3, 0.4) is 0 Å². The van der Waals surface area contributed by atoms with E-state index in [2.05, 4.69) is 11.4 Å². The van der Waals surface area contributed by atoms with Gasteiger partial charge in [-0.05, 0) is 41.5 Å². The van der Waals surface area contributed by atoms with Gasteiger partial charge in [0.05, 0.1) is 19.7 Å². The first kappa shape index (κ1) is 22.2. The van der Waals surface area contributed by atoms with E-state index in [4.69, 9.17) is 9.47 Å². The lowest BCUT2D eigenvalue weighted by Crippen LogP contribution is -2.48. The molecule has 2 heterocycles. The highest BCUT2D eigenvalue weighted by molar-refractivity contribution is 7.10. The Labute approximate surface area is 182 Å². The number of carbonyl (C=O) groups excluding carboxylic acids is 2. The molecule has 0 N–H and O–H groups in total. The average molecular weight is 431 g/mol. The Morgan fingerprint density at radius 2 is 2.03 bits per heavy atom. The largest absolute Gasteiger partial charge is 0.497 e. The minimum absolute atomic E-state index is 0.0399. The van der Waals surface area contributed by atoms with Gasteiger partial charge in [0.2, 0.25) is 11.8 Å². The van der Waals surface area contributed by atoms with Crippen molar-refractivity contribution in [2.24, 2.45) is 5.92 Å². The Balaban J connectivity index is 1.76. The second-order valence-corrected chi connectivity index (χ2v) is 8.94. The van der Waals surface area contributed by atoms with Gasteiger partial charge in [0, 0.05) is 31.0 Å². The Hall–Kier alpha value is -2.54. The second-order valence-electron chi connectivity index (χ2n) is 7.94. The molecule has 162 valence electrons. The first-order chi connectivity index (χ1) is 14.4. The summed E-state index contributed by atoms with van der Waals surface area (Å²) in [5, 5.41) is 2.07. The van der Waals surface area contributed by atoms with Gasteiger partial charge in [0.15, 0.2) is 0 Å². The molecular formula is C23H30N2O4S. The maximum Gasteiger partial charge on any atom is 0.242 e. The number of methoxy groups -OCH3 is 1. The smallest absolute Gasteiger partial charge is 0.242 e. The van der Waals surface area contributed by atoms with Gasteiger partial charge in [0.1, 0.15) is 18.1 Å². The molecule has 0 fully saturated rings. The lowest BCUT2D eigenvalue weighted by atomic mass is 10.0. The Bertz CT molecular complexity index is 880. The maximum absolute atomic E-state index is 13.2. The number of fused-ring (bicyclic) bond motifs is 1. The third kappa shape index (κ3) is 5.33. The van der Waals surface area contributed by atoms with Crippen LogP contribution in [0.1, 0.15) is 37.3 Å². The fourth-order valence-electron chi connectivity index (χ4n) is 3.74. The summed E-state index contributed by atoms with van der Waals surface area (Å²) in [6, 6.07) is 9.37. The van der Waals surface area contributed by atoms with Crippen LogP contribution in [0.4, 0.5) is 0 Å². The third-order valence-corrected chi connectivity index (χ3v) is 6.22. The molecule has 7 heteroatoms. The Kier molecular flexibility index (Phi) is 7.37. The molecule has 0 radical (unpaired) electrons. The average Bonchev–Trinajstić information content (AvgIpc) is 3.20. The molecule has 2 amide bonds. The van der Waals surface area contributed by atoms with E-state index in [9.17, 15) is 9.59 Å². The summed E-state index contributed by atoms with van der Waals surface area (Å²) in [6.45, 7) is 7.27. The summed E-state index contributed by atoms with van der Waals surface area (Å²) < 4.78 is 11.3. The molecule has 1 aliphatic heterocycles. The summed E-state index contributed by atoms with van der Waals surface area (Å²) in [5.74, 6) is 1.62. The van der Waals surface area contributed by atoms with Crippen LogP contribution in [0.15, 0.2) is 35.7 Å². The van der Waals surface area contributed by atoms with E-state index in [1.807, 2.05) is 43.0 Å². The highest BCUT2D eigenvalue weighted by atomic mass is 32.1. The van der Waals surface area contributed by atoms with E-state index < -0.39 is 0 Å². The van der Waals surface area contributed by atoms with Gasteiger partial charge in [0.25, 0.3) is 0 Å². The quantitative estimate of drug-likeness (QED) is 0.640. The SMILES string of the molecule is COc1cccc(OC[C@H]2c3ccsc3CCN2C(=O)CN(CC(C)C)C(C)=O)c1. The third-order valence-electron chi connectivity index (χ3n) is 5.22. The summed E-state index contributed by atoms with van der Waals surface area (Å²) >= 11 is 1.72. The molecule has 30 heavy (non-hydrogen) atoms. The van der Waals surface area contributed by atoms with E-state index in [0.717, 1.165) is 17.7 Å². The van der Waals surface area contributed by atoms with Crippen molar-refractivity contribution in [2.75, 3.05) is 33.4 Å². The van der Waals surface area contributed by atoms with Crippen LogP contribution < -0.4 is 9.47 Å².